The topological polar surface area (TPSA) is 97.4 Å². The molecule has 29 heavy (non-hydrogen) atoms. The third-order valence-corrected chi connectivity index (χ3v) is 5.15. The highest BCUT2D eigenvalue weighted by Crippen LogP contribution is 2.29. The van der Waals surface area contributed by atoms with Gasteiger partial charge in [0.05, 0.1) is 16.3 Å². The lowest BCUT2D eigenvalue weighted by atomic mass is 10.1. The predicted octanol–water partition coefficient (Wildman–Crippen LogP) is 2.45. The lowest BCUT2D eigenvalue weighted by Crippen LogP contribution is -2.49. The number of aryl methyl sites for hydroxylation is 1. The molecule has 1 fully saturated rings. The number of non-ortho nitro benzene ring substituents is 1. The molecule has 0 aliphatic carbocycles. The van der Waals surface area contributed by atoms with E-state index in [-0.39, 0.29) is 11.6 Å². The van der Waals surface area contributed by atoms with Crippen molar-refractivity contribution in [2.24, 2.45) is 0 Å². The normalized spacial score (nSPS) is 14.1. The average molecular weight is 392 g/mol. The van der Waals surface area contributed by atoms with Crippen LogP contribution in [-0.4, -0.2) is 56.7 Å². The summed E-state index contributed by atoms with van der Waals surface area (Å²) in [7, 11) is 0. The van der Waals surface area contributed by atoms with Crippen molar-refractivity contribution in [3.05, 3.63) is 76.4 Å². The van der Waals surface area contributed by atoms with Crippen LogP contribution in [-0.2, 0) is 0 Å². The van der Waals surface area contributed by atoms with Crippen LogP contribution in [0, 0.1) is 17.0 Å². The molecule has 3 aromatic rings. The molecule has 0 spiro atoms. The van der Waals surface area contributed by atoms with Gasteiger partial charge in [0.25, 0.3) is 11.6 Å². The summed E-state index contributed by atoms with van der Waals surface area (Å²) < 4.78 is 1.66. The lowest BCUT2D eigenvalue weighted by Gasteiger charge is -2.37. The van der Waals surface area contributed by atoms with Crippen molar-refractivity contribution < 1.29 is 9.72 Å². The van der Waals surface area contributed by atoms with Gasteiger partial charge >= 0.3 is 0 Å². The number of nitro benzene ring substituents is 1. The fourth-order valence-corrected chi connectivity index (χ4v) is 3.56. The van der Waals surface area contributed by atoms with E-state index < -0.39 is 4.92 Å². The first-order valence-corrected chi connectivity index (χ1v) is 9.28. The Morgan fingerprint density at radius 3 is 2.34 bits per heavy atom. The standard InChI is InChI=1S/C20H20N6O3/c1-15-4-2-3-5-17(15)20(27)24-10-8-23(9-11-24)18-7-6-16(26(28)29)12-19(18)25-13-21-22-14-25/h2-7,12-14H,8-11H2,1H3. The number of aromatic nitrogens is 3. The number of carbonyl (C=O) groups is 1. The number of rotatable bonds is 4. The SMILES string of the molecule is Cc1ccccc1C(=O)N1CCN(c2ccc([N+](=O)[O-])cc2-n2cnnc2)CC1. The van der Waals surface area contributed by atoms with Gasteiger partial charge in [0.1, 0.15) is 12.7 Å². The summed E-state index contributed by atoms with van der Waals surface area (Å²) >= 11 is 0. The molecule has 1 aromatic heterocycles. The number of amides is 1. The zero-order chi connectivity index (χ0) is 20.4. The highest BCUT2D eigenvalue weighted by atomic mass is 16.6. The number of benzene rings is 2. The Morgan fingerprint density at radius 2 is 1.69 bits per heavy atom. The fraction of sp³-hybridized carbons (Fsp3) is 0.250. The van der Waals surface area contributed by atoms with Gasteiger partial charge in [-0.05, 0) is 24.6 Å². The summed E-state index contributed by atoms with van der Waals surface area (Å²) in [6, 6.07) is 12.3. The molecule has 9 heteroatoms. The first kappa shape index (κ1) is 18.6. The molecule has 0 radical (unpaired) electrons. The van der Waals surface area contributed by atoms with Gasteiger partial charge in [-0.15, -0.1) is 10.2 Å². The molecule has 0 atom stereocenters. The van der Waals surface area contributed by atoms with E-state index in [0.717, 1.165) is 16.8 Å². The molecule has 9 nitrogen and oxygen atoms in total. The molecule has 0 unspecified atom stereocenters. The summed E-state index contributed by atoms with van der Waals surface area (Å²) in [4.78, 5) is 27.6. The average Bonchev–Trinajstić information content (AvgIpc) is 3.28. The molecule has 4 rings (SSSR count). The van der Waals surface area contributed by atoms with Gasteiger partial charge in [0.15, 0.2) is 0 Å². The van der Waals surface area contributed by atoms with E-state index in [4.69, 9.17) is 0 Å². The fourth-order valence-electron chi connectivity index (χ4n) is 3.56. The summed E-state index contributed by atoms with van der Waals surface area (Å²) in [5.41, 5.74) is 3.18. The van der Waals surface area contributed by atoms with Gasteiger partial charge in [-0.3, -0.25) is 19.5 Å². The van der Waals surface area contributed by atoms with Crippen LogP contribution in [0.1, 0.15) is 15.9 Å². The molecule has 2 aromatic carbocycles. The smallest absolute Gasteiger partial charge is 0.271 e. The maximum absolute atomic E-state index is 12.8. The van der Waals surface area contributed by atoms with Crippen molar-refractivity contribution in [2.75, 3.05) is 31.1 Å². The minimum Gasteiger partial charge on any atom is -0.366 e. The van der Waals surface area contributed by atoms with Crippen LogP contribution in [0.25, 0.3) is 5.69 Å². The first-order chi connectivity index (χ1) is 14.0. The Bertz CT molecular complexity index is 1040. The van der Waals surface area contributed by atoms with Crippen LogP contribution >= 0.6 is 0 Å². The van der Waals surface area contributed by atoms with Gasteiger partial charge in [-0.25, -0.2) is 0 Å². The van der Waals surface area contributed by atoms with E-state index in [2.05, 4.69) is 15.1 Å². The molecule has 1 saturated heterocycles. The number of carbonyl (C=O) groups excluding carboxylic acids is 1. The number of hydrogen-bond acceptors (Lipinski definition) is 6. The summed E-state index contributed by atoms with van der Waals surface area (Å²) in [5.74, 6) is 0.0329. The van der Waals surface area contributed by atoms with Crippen LogP contribution in [0.3, 0.4) is 0 Å². The van der Waals surface area contributed by atoms with Crippen molar-refractivity contribution in [3.63, 3.8) is 0 Å². The molecule has 148 valence electrons. The van der Waals surface area contributed by atoms with Crippen molar-refractivity contribution in [2.45, 2.75) is 6.92 Å². The van der Waals surface area contributed by atoms with E-state index >= 15 is 0 Å². The predicted molar refractivity (Wildman–Crippen MR) is 107 cm³/mol. The van der Waals surface area contributed by atoms with E-state index in [1.165, 1.54) is 24.8 Å². The van der Waals surface area contributed by atoms with E-state index in [1.807, 2.05) is 36.1 Å². The zero-order valence-corrected chi connectivity index (χ0v) is 15.9. The summed E-state index contributed by atoms with van der Waals surface area (Å²) in [6.07, 6.45) is 3.03. The number of hydrogen-bond donors (Lipinski definition) is 0. The Morgan fingerprint density at radius 1 is 1.00 bits per heavy atom. The molecule has 1 aliphatic heterocycles. The molecule has 0 bridgehead atoms. The molecular formula is C20H20N6O3. The minimum absolute atomic E-state index is 0.00539. The largest absolute Gasteiger partial charge is 0.366 e. The van der Waals surface area contributed by atoms with E-state index in [0.29, 0.717) is 31.9 Å². The Balaban J connectivity index is 1.55. The Kier molecular flexibility index (Phi) is 4.94. The van der Waals surface area contributed by atoms with Gasteiger partial charge in [0.2, 0.25) is 0 Å². The third kappa shape index (κ3) is 3.66. The molecule has 1 amide bonds. The highest BCUT2D eigenvalue weighted by molar-refractivity contribution is 5.95. The van der Waals surface area contributed by atoms with Crippen LogP contribution in [0.5, 0.6) is 0 Å². The Labute approximate surface area is 167 Å². The van der Waals surface area contributed by atoms with Gasteiger partial charge < -0.3 is 9.80 Å². The van der Waals surface area contributed by atoms with Crippen molar-refractivity contribution in [1.82, 2.24) is 19.7 Å². The first-order valence-electron chi connectivity index (χ1n) is 9.28. The van der Waals surface area contributed by atoms with Crippen LogP contribution < -0.4 is 4.90 Å². The van der Waals surface area contributed by atoms with Crippen LogP contribution in [0.15, 0.2) is 55.1 Å². The van der Waals surface area contributed by atoms with Crippen molar-refractivity contribution in [1.29, 1.82) is 0 Å². The van der Waals surface area contributed by atoms with Gasteiger partial charge in [0, 0.05) is 43.9 Å². The molecule has 1 aliphatic rings. The number of nitro groups is 1. The second-order valence-electron chi connectivity index (χ2n) is 6.89. The second-order valence-corrected chi connectivity index (χ2v) is 6.89. The Hall–Kier alpha value is -3.75. The van der Waals surface area contributed by atoms with Gasteiger partial charge in [-0.1, -0.05) is 18.2 Å². The summed E-state index contributed by atoms with van der Waals surface area (Å²) in [5, 5.41) is 18.8. The molecule has 2 heterocycles. The number of piperazine rings is 1. The van der Waals surface area contributed by atoms with E-state index in [1.54, 1.807) is 10.6 Å². The zero-order valence-electron chi connectivity index (χ0n) is 15.9. The number of anilines is 1. The maximum Gasteiger partial charge on any atom is 0.271 e. The van der Waals surface area contributed by atoms with Crippen LogP contribution in [0.2, 0.25) is 0 Å². The van der Waals surface area contributed by atoms with Crippen molar-refractivity contribution >= 4 is 17.3 Å². The molecule has 0 N–H and O–H groups in total. The van der Waals surface area contributed by atoms with Crippen LogP contribution in [0.4, 0.5) is 11.4 Å². The van der Waals surface area contributed by atoms with Crippen molar-refractivity contribution in [3.8, 4) is 5.69 Å². The minimum atomic E-state index is -0.420. The quantitative estimate of drug-likeness (QED) is 0.500. The lowest BCUT2D eigenvalue weighted by molar-refractivity contribution is -0.384. The summed E-state index contributed by atoms with van der Waals surface area (Å²) in [6.45, 7) is 4.35. The maximum atomic E-state index is 12.8. The van der Waals surface area contributed by atoms with E-state index in [9.17, 15) is 14.9 Å². The molecule has 0 saturated carbocycles. The molecular weight excluding hydrogens is 372 g/mol. The number of nitrogens with zero attached hydrogens (tertiary/aromatic N) is 6. The monoisotopic (exact) mass is 392 g/mol. The van der Waals surface area contributed by atoms with Gasteiger partial charge in [-0.2, -0.15) is 0 Å². The second kappa shape index (κ2) is 7.70. The third-order valence-electron chi connectivity index (χ3n) is 5.15. The highest BCUT2D eigenvalue weighted by Gasteiger charge is 2.25.